The Hall–Kier alpha value is -1.56. The Bertz CT molecular complexity index is 571. The van der Waals surface area contributed by atoms with Crippen LogP contribution in [-0.4, -0.2) is 41.1 Å². The zero-order valence-corrected chi connectivity index (χ0v) is 14.3. The number of carboxylic acids is 1. The first-order valence-corrected chi connectivity index (χ1v) is 8.09. The molecule has 1 fully saturated rings. The van der Waals surface area contributed by atoms with E-state index in [4.69, 9.17) is 9.84 Å². The number of carbonyl (C=O) groups is 2. The third kappa shape index (κ3) is 4.00. The molecule has 0 heterocycles. The van der Waals surface area contributed by atoms with Crippen LogP contribution >= 0.6 is 15.9 Å². The number of hydrogen-bond donors (Lipinski definition) is 1. The van der Waals surface area contributed by atoms with E-state index in [9.17, 15) is 9.59 Å². The van der Waals surface area contributed by atoms with E-state index >= 15 is 0 Å². The maximum atomic E-state index is 12.4. The van der Waals surface area contributed by atoms with Gasteiger partial charge in [0.25, 0.3) is 0 Å². The molecule has 6 heteroatoms. The van der Waals surface area contributed by atoms with Gasteiger partial charge in [-0.25, -0.2) is 4.79 Å². The van der Waals surface area contributed by atoms with Crippen molar-refractivity contribution in [3.05, 3.63) is 28.2 Å². The van der Waals surface area contributed by atoms with Gasteiger partial charge in [-0.1, -0.05) is 6.07 Å². The molecule has 1 saturated carbocycles. The van der Waals surface area contributed by atoms with Crippen molar-refractivity contribution in [2.75, 3.05) is 7.11 Å². The summed E-state index contributed by atoms with van der Waals surface area (Å²) in [6.07, 6.45) is 2.69. The predicted molar refractivity (Wildman–Crippen MR) is 86.0 cm³/mol. The zero-order chi connectivity index (χ0) is 16.3. The van der Waals surface area contributed by atoms with Crippen LogP contribution in [0.2, 0.25) is 0 Å². The van der Waals surface area contributed by atoms with Crippen LogP contribution in [0.5, 0.6) is 5.75 Å². The van der Waals surface area contributed by atoms with Crippen molar-refractivity contribution in [3.63, 3.8) is 0 Å². The van der Waals surface area contributed by atoms with Gasteiger partial charge in [-0.2, -0.15) is 0 Å². The molecule has 1 aromatic carbocycles. The lowest BCUT2D eigenvalue weighted by molar-refractivity contribution is -0.150. The Balaban J connectivity index is 1.99. The van der Waals surface area contributed by atoms with Gasteiger partial charge in [-0.15, -0.1) is 0 Å². The van der Waals surface area contributed by atoms with E-state index in [0.29, 0.717) is 12.8 Å². The van der Waals surface area contributed by atoms with E-state index in [1.54, 1.807) is 14.0 Å². The Kier molecular flexibility index (Phi) is 5.45. The van der Waals surface area contributed by atoms with Crippen molar-refractivity contribution >= 4 is 27.8 Å². The Morgan fingerprint density at radius 2 is 2.14 bits per heavy atom. The number of benzene rings is 1. The lowest BCUT2D eigenvalue weighted by Gasteiger charge is -2.26. The van der Waals surface area contributed by atoms with Gasteiger partial charge < -0.3 is 14.7 Å². The molecule has 0 bridgehead atoms. The summed E-state index contributed by atoms with van der Waals surface area (Å²) in [4.78, 5) is 25.1. The highest BCUT2D eigenvalue weighted by Gasteiger charge is 2.37. The van der Waals surface area contributed by atoms with Crippen LogP contribution in [0.4, 0.5) is 0 Å². The van der Waals surface area contributed by atoms with Crippen molar-refractivity contribution in [1.29, 1.82) is 0 Å². The summed E-state index contributed by atoms with van der Waals surface area (Å²) in [6.45, 7) is 1.57. The Morgan fingerprint density at radius 3 is 2.64 bits per heavy atom. The summed E-state index contributed by atoms with van der Waals surface area (Å²) in [5, 5.41) is 9.14. The van der Waals surface area contributed by atoms with E-state index in [1.165, 1.54) is 4.90 Å². The van der Waals surface area contributed by atoms with E-state index < -0.39 is 12.0 Å². The second-order valence-electron chi connectivity index (χ2n) is 5.52. The second-order valence-corrected chi connectivity index (χ2v) is 6.37. The van der Waals surface area contributed by atoms with Crippen LogP contribution < -0.4 is 4.74 Å². The van der Waals surface area contributed by atoms with Crippen LogP contribution in [0, 0.1) is 0 Å². The molecule has 1 N–H and O–H groups in total. The van der Waals surface area contributed by atoms with Gasteiger partial charge in [-0.05, 0) is 59.8 Å². The number of hydrogen-bond acceptors (Lipinski definition) is 3. The number of nitrogens with zero attached hydrogens (tertiary/aromatic N) is 1. The molecule has 1 amide bonds. The molecule has 0 radical (unpaired) electrons. The number of aryl methyl sites for hydroxylation is 1. The second kappa shape index (κ2) is 7.13. The van der Waals surface area contributed by atoms with Crippen molar-refractivity contribution in [2.24, 2.45) is 0 Å². The van der Waals surface area contributed by atoms with Crippen LogP contribution in [0.15, 0.2) is 22.7 Å². The van der Waals surface area contributed by atoms with E-state index in [-0.39, 0.29) is 11.9 Å². The smallest absolute Gasteiger partial charge is 0.326 e. The largest absolute Gasteiger partial charge is 0.496 e. The fourth-order valence-electron chi connectivity index (χ4n) is 2.45. The number of ether oxygens (including phenoxy) is 1. The molecule has 1 atom stereocenters. The van der Waals surface area contributed by atoms with Crippen LogP contribution in [0.3, 0.4) is 0 Å². The molecule has 22 heavy (non-hydrogen) atoms. The molecule has 120 valence electrons. The van der Waals surface area contributed by atoms with Crippen LogP contribution in [-0.2, 0) is 16.0 Å². The van der Waals surface area contributed by atoms with Crippen LogP contribution in [0.25, 0.3) is 0 Å². The first-order valence-electron chi connectivity index (χ1n) is 7.30. The van der Waals surface area contributed by atoms with Gasteiger partial charge in [-0.3, -0.25) is 4.79 Å². The van der Waals surface area contributed by atoms with Gasteiger partial charge in [0.05, 0.1) is 11.6 Å². The number of carbonyl (C=O) groups excluding carboxylic acids is 1. The van der Waals surface area contributed by atoms with Gasteiger partial charge in [0.2, 0.25) is 5.91 Å². The highest BCUT2D eigenvalue weighted by molar-refractivity contribution is 9.10. The third-order valence-electron chi connectivity index (χ3n) is 3.85. The number of aliphatic carboxylic acids is 1. The minimum absolute atomic E-state index is 0.0932. The lowest BCUT2D eigenvalue weighted by atomic mass is 10.1. The van der Waals surface area contributed by atoms with E-state index in [1.807, 2.05) is 18.2 Å². The van der Waals surface area contributed by atoms with Gasteiger partial charge in [0.15, 0.2) is 0 Å². The van der Waals surface area contributed by atoms with E-state index in [0.717, 1.165) is 28.6 Å². The van der Waals surface area contributed by atoms with Gasteiger partial charge >= 0.3 is 5.97 Å². The summed E-state index contributed by atoms with van der Waals surface area (Å²) in [7, 11) is 1.60. The Labute approximate surface area is 138 Å². The molecule has 0 spiro atoms. The number of methoxy groups -OCH3 is 1. The minimum Gasteiger partial charge on any atom is -0.496 e. The topological polar surface area (TPSA) is 66.8 Å². The molecular formula is C16H20BrNO4. The van der Waals surface area contributed by atoms with Gasteiger partial charge in [0, 0.05) is 12.5 Å². The number of halogens is 1. The zero-order valence-electron chi connectivity index (χ0n) is 12.7. The summed E-state index contributed by atoms with van der Waals surface area (Å²) in [5.74, 6) is -0.300. The Morgan fingerprint density at radius 1 is 1.45 bits per heavy atom. The molecule has 1 aliphatic carbocycles. The normalized spacial score (nSPS) is 15.2. The summed E-state index contributed by atoms with van der Waals surface area (Å²) < 4.78 is 6.02. The molecule has 0 aromatic heterocycles. The quantitative estimate of drug-likeness (QED) is 0.802. The fourth-order valence-corrected chi connectivity index (χ4v) is 3.04. The SMILES string of the molecule is COc1ccc(CCC(=O)N(C2CC2)C(C)C(=O)O)cc1Br. The van der Waals surface area contributed by atoms with E-state index in [2.05, 4.69) is 15.9 Å². The molecule has 0 saturated heterocycles. The lowest BCUT2D eigenvalue weighted by Crippen LogP contribution is -2.44. The van der Waals surface area contributed by atoms with Crippen molar-refractivity contribution in [2.45, 2.75) is 44.7 Å². The average molecular weight is 370 g/mol. The minimum atomic E-state index is -0.951. The fraction of sp³-hybridized carbons (Fsp3) is 0.500. The summed E-state index contributed by atoms with van der Waals surface area (Å²) in [5.41, 5.74) is 1.01. The molecule has 1 aliphatic rings. The van der Waals surface area contributed by atoms with Crippen molar-refractivity contribution in [1.82, 2.24) is 4.90 Å². The summed E-state index contributed by atoms with van der Waals surface area (Å²) >= 11 is 3.42. The predicted octanol–water partition coefficient (Wildman–Crippen LogP) is 2.85. The molecule has 5 nitrogen and oxygen atoms in total. The van der Waals surface area contributed by atoms with Crippen LogP contribution in [0.1, 0.15) is 31.7 Å². The maximum Gasteiger partial charge on any atom is 0.326 e. The average Bonchev–Trinajstić information content (AvgIpc) is 3.30. The highest BCUT2D eigenvalue weighted by Crippen LogP contribution is 2.30. The first kappa shape index (κ1) is 16.8. The number of amides is 1. The number of rotatable bonds is 7. The molecule has 1 unspecified atom stereocenters. The molecule has 2 rings (SSSR count). The third-order valence-corrected chi connectivity index (χ3v) is 4.47. The first-order chi connectivity index (χ1) is 10.4. The van der Waals surface area contributed by atoms with Crippen molar-refractivity contribution in [3.8, 4) is 5.75 Å². The maximum absolute atomic E-state index is 12.4. The monoisotopic (exact) mass is 369 g/mol. The molecule has 1 aromatic rings. The molecular weight excluding hydrogens is 350 g/mol. The van der Waals surface area contributed by atoms with Crippen molar-refractivity contribution < 1.29 is 19.4 Å². The number of carboxylic acid groups (broad SMARTS) is 1. The standard InChI is InChI=1S/C16H20BrNO4/c1-10(16(20)21)18(12-5-6-12)15(19)8-4-11-3-7-14(22-2)13(17)9-11/h3,7,9-10,12H,4-6,8H2,1-2H3,(H,20,21). The summed E-state index contributed by atoms with van der Waals surface area (Å²) in [6, 6.07) is 5.03. The van der Waals surface area contributed by atoms with Gasteiger partial charge in [0.1, 0.15) is 11.8 Å². The highest BCUT2D eigenvalue weighted by atomic mass is 79.9. The molecule has 0 aliphatic heterocycles.